The van der Waals surface area contributed by atoms with Crippen LogP contribution in [0, 0.1) is 13.8 Å². The van der Waals surface area contributed by atoms with Crippen LogP contribution in [-0.4, -0.2) is 39.9 Å². The maximum absolute atomic E-state index is 12.5. The van der Waals surface area contributed by atoms with Gasteiger partial charge in [0.2, 0.25) is 0 Å². The summed E-state index contributed by atoms with van der Waals surface area (Å²) in [5.74, 6) is -0.793. The number of nitrogens with zero attached hydrogens (tertiary/aromatic N) is 3. The molecular weight excluding hydrogens is 436 g/mol. The summed E-state index contributed by atoms with van der Waals surface area (Å²) in [6, 6.07) is 6.11. The Kier molecular flexibility index (Phi) is 7.34. The molecule has 10 heteroatoms. The van der Waals surface area contributed by atoms with Crippen molar-refractivity contribution in [1.82, 2.24) is 14.8 Å². The number of thiophene rings is 1. The van der Waals surface area contributed by atoms with E-state index in [1.165, 1.54) is 11.8 Å². The molecule has 1 aromatic carbocycles. The number of carbonyl (C=O) groups excluding carboxylic acids is 2. The van der Waals surface area contributed by atoms with Crippen molar-refractivity contribution in [2.45, 2.75) is 38.6 Å². The number of nitrogens with two attached hydrogens (primary N) is 1. The van der Waals surface area contributed by atoms with Gasteiger partial charge in [0.15, 0.2) is 5.16 Å². The third-order valence-corrected chi connectivity index (χ3v) is 6.46. The summed E-state index contributed by atoms with van der Waals surface area (Å²) in [5, 5.41) is 9.11. The second kappa shape index (κ2) is 9.97. The molecule has 0 aliphatic carbocycles. The molecule has 8 nitrogen and oxygen atoms in total. The van der Waals surface area contributed by atoms with Crippen molar-refractivity contribution in [1.29, 1.82) is 0 Å². The maximum Gasteiger partial charge on any atom is 0.348 e. The number of aryl methyl sites for hydroxylation is 2. The van der Waals surface area contributed by atoms with Crippen molar-refractivity contribution in [3.63, 3.8) is 0 Å². The number of carbonyl (C=O) groups is 2. The molecule has 3 aromatic rings. The van der Waals surface area contributed by atoms with Crippen molar-refractivity contribution >= 4 is 40.0 Å². The summed E-state index contributed by atoms with van der Waals surface area (Å²) in [7, 11) is 0. The minimum Gasteiger partial charge on any atom is -0.462 e. The van der Waals surface area contributed by atoms with Gasteiger partial charge < -0.3 is 15.2 Å². The Morgan fingerprint density at radius 2 is 1.87 bits per heavy atom. The number of rotatable bonds is 8. The van der Waals surface area contributed by atoms with Gasteiger partial charge in [-0.3, -0.25) is 4.57 Å². The third kappa shape index (κ3) is 4.91. The zero-order valence-corrected chi connectivity index (χ0v) is 19.4. The summed E-state index contributed by atoms with van der Waals surface area (Å²) in [6.45, 7) is 7.92. The van der Waals surface area contributed by atoms with Gasteiger partial charge in [-0.05, 0) is 39.3 Å². The molecule has 0 bridgehead atoms. The zero-order valence-electron chi connectivity index (χ0n) is 17.8. The highest BCUT2D eigenvalue weighted by atomic mass is 32.2. The van der Waals surface area contributed by atoms with Crippen LogP contribution in [0.15, 0.2) is 29.7 Å². The highest BCUT2D eigenvalue weighted by Gasteiger charge is 2.28. The normalized spacial score (nSPS) is 10.8. The highest BCUT2D eigenvalue weighted by Crippen LogP contribution is 2.36. The molecule has 164 valence electrons. The number of benzene rings is 1. The lowest BCUT2D eigenvalue weighted by molar-refractivity contribution is 0.0527. The number of anilines is 1. The highest BCUT2D eigenvalue weighted by molar-refractivity contribution is 7.98. The minimum absolute atomic E-state index is 0.205. The van der Waals surface area contributed by atoms with Crippen LogP contribution >= 0.6 is 23.1 Å². The fourth-order valence-corrected chi connectivity index (χ4v) is 5.12. The van der Waals surface area contributed by atoms with Crippen LogP contribution in [0.1, 0.15) is 50.6 Å². The Morgan fingerprint density at radius 3 is 2.55 bits per heavy atom. The van der Waals surface area contributed by atoms with E-state index >= 15 is 0 Å². The Morgan fingerprint density at radius 1 is 1.16 bits per heavy atom. The van der Waals surface area contributed by atoms with Crippen LogP contribution in [0.25, 0.3) is 5.69 Å². The predicted molar refractivity (Wildman–Crippen MR) is 121 cm³/mol. The molecule has 2 N–H and O–H groups in total. The lowest BCUT2D eigenvalue weighted by atomic mass is 10.1. The lowest BCUT2D eigenvalue weighted by Crippen LogP contribution is -2.11. The molecule has 0 saturated heterocycles. The van der Waals surface area contributed by atoms with Crippen molar-refractivity contribution in [3.05, 3.63) is 51.7 Å². The average Bonchev–Trinajstić information content (AvgIpc) is 3.30. The van der Waals surface area contributed by atoms with E-state index in [4.69, 9.17) is 15.2 Å². The van der Waals surface area contributed by atoms with Gasteiger partial charge in [-0.15, -0.1) is 21.5 Å². The molecule has 0 amide bonds. The molecule has 0 atom stereocenters. The lowest BCUT2D eigenvalue weighted by Gasteiger charge is -2.11. The predicted octanol–water partition coefficient (Wildman–Crippen LogP) is 4.17. The van der Waals surface area contributed by atoms with Gasteiger partial charge in [0.1, 0.15) is 16.2 Å². The molecule has 3 rings (SSSR count). The van der Waals surface area contributed by atoms with Gasteiger partial charge >= 0.3 is 11.9 Å². The molecule has 2 aromatic heterocycles. The van der Waals surface area contributed by atoms with E-state index in [2.05, 4.69) is 16.3 Å². The molecule has 2 heterocycles. The van der Waals surface area contributed by atoms with Gasteiger partial charge in [0.25, 0.3) is 0 Å². The first-order valence-corrected chi connectivity index (χ1v) is 11.5. The first kappa shape index (κ1) is 22.8. The largest absolute Gasteiger partial charge is 0.462 e. The van der Waals surface area contributed by atoms with E-state index in [1.54, 1.807) is 20.2 Å². The van der Waals surface area contributed by atoms with Crippen LogP contribution in [0.5, 0.6) is 0 Å². The number of hydrogen-bond donors (Lipinski definition) is 1. The molecule has 0 unspecified atom stereocenters. The van der Waals surface area contributed by atoms with Crippen molar-refractivity contribution in [2.24, 2.45) is 0 Å². The Labute approximate surface area is 188 Å². The molecule has 31 heavy (non-hydrogen) atoms. The average molecular weight is 461 g/mol. The monoisotopic (exact) mass is 460 g/mol. The molecule has 0 aliphatic rings. The smallest absolute Gasteiger partial charge is 0.348 e. The Balaban J connectivity index is 1.95. The van der Waals surface area contributed by atoms with Gasteiger partial charge in [-0.25, -0.2) is 9.59 Å². The fourth-order valence-electron chi connectivity index (χ4n) is 3.11. The standard InChI is InChI=1S/C21H24N4O4S2/c1-5-28-19(26)16-14(17(31-18(16)22)20(27)29-6-2)10-30-21-24-23-11-25(21)15-8-7-12(3)9-13(15)4/h7-9,11H,5-6,10,22H2,1-4H3. The minimum atomic E-state index is -0.557. The summed E-state index contributed by atoms with van der Waals surface area (Å²) in [5.41, 5.74) is 9.98. The van der Waals surface area contributed by atoms with E-state index in [1.807, 2.05) is 30.5 Å². The van der Waals surface area contributed by atoms with Gasteiger partial charge in [-0.1, -0.05) is 29.5 Å². The Hall–Kier alpha value is -2.85. The zero-order chi connectivity index (χ0) is 22.5. The maximum atomic E-state index is 12.5. The fraction of sp³-hybridized carbons (Fsp3) is 0.333. The van der Waals surface area contributed by atoms with Crippen molar-refractivity contribution in [2.75, 3.05) is 18.9 Å². The van der Waals surface area contributed by atoms with Gasteiger partial charge in [0.05, 0.1) is 24.5 Å². The SMILES string of the molecule is CCOC(=O)c1sc(N)c(C(=O)OCC)c1CSc1nncn1-c1ccc(C)cc1C. The van der Waals surface area contributed by atoms with Crippen LogP contribution in [0.2, 0.25) is 0 Å². The molecule has 0 radical (unpaired) electrons. The van der Waals surface area contributed by atoms with E-state index in [0.717, 1.165) is 28.2 Å². The number of hydrogen-bond acceptors (Lipinski definition) is 9. The molecule has 0 aliphatic heterocycles. The van der Waals surface area contributed by atoms with Gasteiger partial charge in [0, 0.05) is 11.3 Å². The van der Waals surface area contributed by atoms with E-state index in [-0.39, 0.29) is 29.5 Å². The van der Waals surface area contributed by atoms with Crippen LogP contribution in [0.3, 0.4) is 0 Å². The first-order valence-electron chi connectivity index (χ1n) is 9.73. The molecule has 0 saturated carbocycles. The second-order valence-electron chi connectivity index (χ2n) is 6.65. The summed E-state index contributed by atoms with van der Waals surface area (Å²) >= 11 is 2.38. The van der Waals surface area contributed by atoms with E-state index in [0.29, 0.717) is 15.6 Å². The van der Waals surface area contributed by atoms with E-state index in [9.17, 15) is 9.59 Å². The van der Waals surface area contributed by atoms with E-state index < -0.39 is 11.9 Å². The second-order valence-corrected chi connectivity index (χ2v) is 8.65. The topological polar surface area (TPSA) is 109 Å². The first-order chi connectivity index (χ1) is 14.9. The number of nitrogen functional groups attached to an aromatic ring is 1. The van der Waals surface area contributed by atoms with Crippen LogP contribution < -0.4 is 5.73 Å². The number of ether oxygens (including phenoxy) is 2. The van der Waals surface area contributed by atoms with Crippen LogP contribution in [0.4, 0.5) is 5.00 Å². The molecule has 0 spiro atoms. The number of thioether (sulfide) groups is 1. The number of esters is 2. The quantitative estimate of drug-likeness (QED) is 0.394. The summed E-state index contributed by atoms with van der Waals surface area (Å²) < 4.78 is 12.2. The van der Waals surface area contributed by atoms with Gasteiger partial charge in [-0.2, -0.15) is 0 Å². The van der Waals surface area contributed by atoms with Crippen molar-refractivity contribution < 1.29 is 19.1 Å². The Bertz CT molecular complexity index is 1110. The summed E-state index contributed by atoms with van der Waals surface area (Å²) in [6.07, 6.45) is 1.64. The molecule has 0 fully saturated rings. The third-order valence-electron chi connectivity index (χ3n) is 4.45. The van der Waals surface area contributed by atoms with Crippen molar-refractivity contribution in [3.8, 4) is 5.69 Å². The molecular formula is C21H24N4O4S2. The summed E-state index contributed by atoms with van der Waals surface area (Å²) in [4.78, 5) is 25.3. The number of aromatic nitrogens is 3. The van der Waals surface area contributed by atoms with Crippen LogP contribution in [-0.2, 0) is 15.2 Å².